The zero-order chi connectivity index (χ0) is 36.4. The van der Waals surface area contributed by atoms with Crippen LogP contribution in [0.25, 0.3) is 6.08 Å². The molecule has 1 aromatic rings. The first-order valence-corrected chi connectivity index (χ1v) is 16.9. The van der Waals surface area contributed by atoms with Crippen LogP contribution in [0, 0.1) is 22.7 Å². The molecule has 0 saturated heterocycles. The normalized spacial score (nSPS) is 37.6. The van der Waals surface area contributed by atoms with Crippen molar-refractivity contribution in [2.75, 3.05) is 0 Å². The molecule has 8 atom stereocenters. The Kier molecular flexibility index (Phi) is 9.43. The highest BCUT2D eigenvalue weighted by Gasteiger charge is 2.81. The highest BCUT2D eigenvalue weighted by atomic mass is 19.4. The highest BCUT2D eigenvalue weighted by molar-refractivity contribution is 5.88. The zero-order valence-electron chi connectivity index (χ0n) is 28.9. The summed E-state index contributed by atoms with van der Waals surface area (Å²) in [5, 5.41) is 37.1. The predicted octanol–water partition coefficient (Wildman–Crippen LogP) is 6.27. The molecular formula is C38H47F3O8. The van der Waals surface area contributed by atoms with Gasteiger partial charge in [0.25, 0.3) is 0 Å². The summed E-state index contributed by atoms with van der Waals surface area (Å²) in [6.45, 7) is 10.4. The first-order chi connectivity index (χ1) is 22.6. The van der Waals surface area contributed by atoms with E-state index in [0.717, 1.165) is 29.4 Å². The molecule has 0 radical (unpaired) electrons. The van der Waals surface area contributed by atoms with Crippen molar-refractivity contribution in [2.24, 2.45) is 22.7 Å². The number of halogens is 3. The van der Waals surface area contributed by atoms with E-state index in [1.807, 2.05) is 26.8 Å². The number of ether oxygens (including phenoxy) is 2. The van der Waals surface area contributed by atoms with Crippen molar-refractivity contribution in [3.05, 3.63) is 64.8 Å². The van der Waals surface area contributed by atoms with Crippen LogP contribution in [0.1, 0.15) is 97.6 Å². The number of benzene rings is 1. The van der Waals surface area contributed by atoms with E-state index in [4.69, 9.17) is 9.47 Å². The van der Waals surface area contributed by atoms with Crippen LogP contribution >= 0.6 is 0 Å². The summed E-state index contributed by atoms with van der Waals surface area (Å²) in [5.41, 5.74) is -7.19. The quantitative estimate of drug-likeness (QED) is 0.174. The van der Waals surface area contributed by atoms with Crippen molar-refractivity contribution in [1.29, 1.82) is 0 Å². The molecule has 4 aliphatic carbocycles. The Hall–Kier alpha value is -3.28. The Morgan fingerprint density at radius 3 is 2.33 bits per heavy atom. The molecule has 3 saturated carbocycles. The summed E-state index contributed by atoms with van der Waals surface area (Å²) in [4.78, 5) is 39.0. The molecule has 49 heavy (non-hydrogen) atoms. The summed E-state index contributed by atoms with van der Waals surface area (Å²) < 4.78 is 51.0. The van der Waals surface area contributed by atoms with Crippen molar-refractivity contribution in [2.45, 2.75) is 122 Å². The number of alkyl halides is 3. The molecular weight excluding hydrogens is 641 g/mol. The molecule has 0 unspecified atom stereocenters. The molecule has 8 nitrogen and oxygen atoms in total. The number of hydrogen-bond acceptors (Lipinski definition) is 8. The van der Waals surface area contributed by atoms with Gasteiger partial charge in [0.05, 0.1) is 11.0 Å². The summed E-state index contributed by atoms with van der Waals surface area (Å²) in [5.74, 6) is -2.51. The average molecular weight is 689 g/mol. The van der Waals surface area contributed by atoms with Gasteiger partial charge in [-0.1, -0.05) is 50.1 Å². The van der Waals surface area contributed by atoms with Gasteiger partial charge in [-0.3, -0.25) is 4.79 Å². The standard InChI is InChI=1S/C38H47F3O8/c1-22(2)23(3)18-32(44)49-30-21-29-33(5)14-13-28(48-31(43)11-10-25-8-7-9-27(19-25)38(39,40)41)20-26(33)12-15-36(29,46)37(47)17-16-35(45,24(4)42)34(30,37)6/h7-12,18-19,22,28-30,45-47H,13-17,20-21H2,1-6H3/b11-10+,23-18+/t28-,29+,30+,33-,34+,35+,36-,37+/m0/s1. The van der Waals surface area contributed by atoms with E-state index in [-0.39, 0.29) is 37.2 Å². The van der Waals surface area contributed by atoms with Gasteiger partial charge in [0.15, 0.2) is 5.78 Å². The Morgan fingerprint density at radius 1 is 1.00 bits per heavy atom. The molecule has 0 spiro atoms. The third kappa shape index (κ3) is 5.89. The van der Waals surface area contributed by atoms with Crippen LogP contribution in [0.2, 0.25) is 0 Å². The Bertz CT molecular complexity index is 1610. The van der Waals surface area contributed by atoms with Gasteiger partial charge in [-0.15, -0.1) is 0 Å². The monoisotopic (exact) mass is 688 g/mol. The van der Waals surface area contributed by atoms with Crippen LogP contribution in [0.5, 0.6) is 0 Å². The van der Waals surface area contributed by atoms with E-state index in [0.29, 0.717) is 19.3 Å². The van der Waals surface area contributed by atoms with E-state index in [1.54, 1.807) is 6.92 Å². The molecule has 0 aliphatic heterocycles. The van der Waals surface area contributed by atoms with E-state index in [1.165, 1.54) is 38.1 Å². The highest BCUT2D eigenvalue weighted by Crippen LogP contribution is 2.71. The predicted molar refractivity (Wildman–Crippen MR) is 174 cm³/mol. The molecule has 3 N–H and O–H groups in total. The van der Waals surface area contributed by atoms with Crippen molar-refractivity contribution >= 4 is 23.8 Å². The van der Waals surface area contributed by atoms with Crippen molar-refractivity contribution in [3.8, 4) is 0 Å². The fraction of sp³-hybridized carbons (Fsp3) is 0.605. The summed E-state index contributed by atoms with van der Waals surface area (Å²) in [6, 6.07) is 4.61. The first-order valence-electron chi connectivity index (χ1n) is 16.9. The number of esters is 2. The Balaban J connectivity index is 1.41. The fourth-order valence-electron chi connectivity index (χ4n) is 9.17. The van der Waals surface area contributed by atoms with E-state index >= 15 is 0 Å². The zero-order valence-corrected chi connectivity index (χ0v) is 28.9. The van der Waals surface area contributed by atoms with Crippen LogP contribution < -0.4 is 0 Å². The maximum Gasteiger partial charge on any atom is 0.416 e. The molecule has 268 valence electrons. The van der Waals surface area contributed by atoms with Gasteiger partial charge in [0.2, 0.25) is 0 Å². The average Bonchev–Trinajstić information content (AvgIpc) is 3.25. The van der Waals surface area contributed by atoms with Crippen LogP contribution in [0.4, 0.5) is 13.2 Å². The molecule has 1 aromatic carbocycles. The van der Waals surface area contributed by atoms with Crippen LogP contribution in [-0.2, 0) is 30.0 Å². The molecule has 5 rings (SSSR count). The third-order valence-corrected chi connectivity index (χ3v) is 12.6. The number of Topliss-reactive ketones (excluding diaryl/α,β-unsaturated/α-hetero) is 1. The largest absolute Gasteiger partial charge is 0.459 e. The number of rotatable bonds is 7. The molecule has 11 heteroatoms. The SMILES string of the molecule is CC(=O)[C@]1(O)CC[C@@]2(O)[C@]1(C)[C@H](OC(=O)/C=C(\C)C(C)C)C[C@@H]1[C@@]3(C)CC[C@H](OC(=O)/C=C/c4cccc(C(F)(F)F)c4)CC3=CC[C@]12O. The van der Waals surface area contributed by atoms with Crippen LogP contribution in [0.15, 0.2) is 53.6 Å². The second-order valence-corrected chi connectivity index (χ2v) is 15.3. The number of ketones is 1. The number of hydrogen-bond donors (Lipinski definition) is 3. The molecule has 4 aliphatic rings. The lowest BCUT2D eigenvalue weighted by Crippen LogP contribution is -2.78. The van der Waals surface area contributed by atoms with Gasteiger partial charge in [-0.2, -0.15) is 13.2 Å². The molecule has 3 fully saturated rings. The van der Waals surface area contributed by atoms with Crippen molar-refractivity contribution in [3.63, 3.8) is 0 Å². The van der Waals surface area contributed by atoms with Gasteiger partial charge in [0, 0.05) is 24.5 Å². The van der Waals surface area contributed by atoms with Gasteiger partial charge in [-0.05, 0) is 94.4 Å². The minimum absolute atomic E-state index is 0.00576. The van der Waals surface area contributed by atoms with E-state index in [9.17, 15) is 42.9 Å². The summed E-state index contributed by atoms with van der Waals surface area (Å²) in [7, 11) is 0. The number of allylic oxidation sites excluding steroid dienone is 1. The Labute approximate surface area is 285 Å². The molecule has 0 aromatic heterocycles. The minimum Gasteiger partial charge on any atom is -0.459 e. The number of aliphatic hydroxyl groups is 3. The molecule has 0 bridgehead atoms. The van der Waals surface area contributed by atoms with Gasteiger partial charge >= 0.3 is 18.1 Å². The fourth-order valence-corrected chi connectivity index (χ4v) is 9.17. The molecule has 0 amide bonds. The van der Waals surface area contributed by atoms with Gasteiger partial charge in [-0.25, -0.2) is 9.59 Å². The molecule has 0 heterocycles. The van der Waals surface area contributed by atoms with Gasteiger partial charge < -0.3 is 24.8 Å². The minimum atomic E-state index is -4.51. The third-order valence-electron chi connectivity index (χ3n) is 12.6. The summed E-state index contributed by atoms with van der Waals surface area (Å²) >= 11 is 0. The van der Waals surface area contributed by atoms with E-state index < -0.39 is 75.2 Å². The second kappa shape index (κ2) is 12.5. The number of carbonyl (C=O) groups excluding carboxylic acids is 3. The lowest BCUT2D eigenvalue weighted by molar-refractivity contribution is -0.314. The maximum absolute atomic E-state index is 13.3. The van der Waals surface area contributed by atoms with Crippen LogP contribution in [-0.4, -0.2) is 62.1 Å². The van der Waals surface area contributed by atoms with Gasteiger partial charge in [0.1, 0.15) is 29.0 Å². The van der Waals surface area contributed by atoms with E-state index in [2.05, 4.69) is 0 Å². The topological polar surface area (TPSA) is 130 Å². The first kappa shape index (κ1) is 37.0. The lowest BCUT2D eigenvalue weighted by Gasteiger charge is -2.67. The Morgan fingerprint density at radius 2 is 1.69 bits per heavy atom. The summed E-state index contributed by atoms with van der Waals surface area (Å²) in [6.07, 6.45) is 0.492. The number of fused-ring (bicyclic) bond motifs is 5. The smallest absolute Gasteiger partial charge is 0.416 e. The lowest BCUT2D eigenvalue weighted by atomic mass is 9.42. The van der Waals surface area contributed by atoms with Crippen molar-refractivity contribution < 1.29 is 52.3 Å². The maximum atomic E-state index is 13.3. The number of carbonyl (C=O) groups is 3. The van der Waals surface area contributed by atoms with Crippen molar-refractivity contribution in [1.82, 2.24) is 0 Å². The second-order valence-electron chi connectivity index (χ2n) is 15.3. The van der Waals surface area contributed by atoms with Crippen LogP contribution in [0.3, 0.4) is 0 Å².